The number of halogens is 1. The molecule has 0 amide bonds. The number of nitrogens with one attached hydrogen (secondary N) is 1. The second kappa shape index (κ2) is 9.04. The number of hydrogen-bond acceptors (Lipinski definition) is 3. The van der Waals surface area contributed by atoms with Crippen molar-refractivity contribution in [2.24, 2.45) is 0 Å². The zero-order valence-corrected chi connectivity index (χ0v) is 14.9. The van der Waals surface area contributed by atoms with Gasteiger partial charge in [-0.3, -0.25) is 0 Å². The van der Waals surface area contributed by atoms with E-state index >= 15 is 0 Å². The van der Waals surface area contributed by atoms with Gasteiger partial charge in [0, 0.05) is 17.0 Å². The molecule has 0 spiro atoms. The number of thiophene rings is 1. The lowest BCUT2D eigenvalue weighted by molar-refractivity contribution is 0.318. The highest BCUT2D eigenvalue weighted by atomic mass is 35.5. The van der Waals surface area contributed by atoms with Crippen molar-refractivity contribution in [1.29, 1.82) is 0 Å². The van der Waals surface area contributed by atoms with Crippen LogP contribution in [0.1, 0.15) is 51.3 Å². The summed E-state index contributed by atoms with van der Waals surface area (Å²) >= 11 is 7.63. The second-order valence-electron chi connectivity index (χ2n) is 6.53. The van der Waals surface area contributed by atoms with Crippen LogP contribution >= 0.6 is 22.9 Å². The third kappa shape index (κ3) is 8.96. The highest BCUT2D eigenvalue weighted by molar-refractivity contribution is 7.16. The third-order valence-corrected chi connectivity index (χ3v) is 4.39. The van der Waals surface area contributed by atoms with Gasteiger partial charge in [-0.1, -0.05) is 24.4 Å². The quantitative estimate of drug-likeness (QED) is 0.659. The molecule has 4 heteroatoms. The number of rotatable bonds is 9. The summed E-state index contributed by atoms with van der Waals surface area (Å²) in [6.45, 7) is 9.98. The minimum atomic E-state index is 0.252. The molecule has 1 aromatic heterocycles. The van der Waals surface area contributed by atoms with Gasteiger partial charge in [0.15, 0.2) is 0 Å². The Morgan fingerprint density at radius 2 is 1.85 bits per heavy atom. The average Bonchev–Trinajstić information content (AvgIpc) is 2.72. The van der Waals surface area contributed by atoms with E-state index in [0.717, 1.165) is 17.4 Å². The van der Waals surface area contributed by atoms with E-state index in [1.165, 1.54) is 37.1 Å². The Balaban J connectivity index is 1.98. The summed E-state index contributed by atoms with van der Waals surface area (Å²) in [5, 5.41) is 3.53. The molecule has 1 N–H and O–H groups in total. The van der Waals surface area contributed by atoms with Gasteiger partial charge in [0.25, 0.3) is 0 Å². The third-order valence-electron chi connectivity index (χ3n) is 3.18. The summed E-state index contributed by atoms with van der Waals surface area (Å²) < 4.78 is 0.889. The molecule has 0 saturated heterocycles. The van der Waals surface area contributed by atoms with Crippen LogP contribution in [0.5, 0.6) is 0 Å². The van der Waals surface area contributed by atoms with Gasteiger partial charge < -0.3 is 10.2 Å². The predicted octanol–water partition coefficient (Wildman–Crippen LogP) is 4.78. The van der Waals surface area contributed by atoms with Gasteiger partial charge in [-0.05, 0) is 65.9 Å². The number of unbranched alkanes of at least 4 members (excludes halogenated alkanes) is 3. The van der Waals surface area contributed by atoms with Crippen molar-refractivity contribution in [3.05, 3.63) is 21.3 Å². The molecule has 1 rings (SSSR count). The molecule has 0 bridgehead atoms. The van der Waals surface area contributed by atoms with Crippen LogP contribution in [-0.2, 0) is 6.54 Å². The maximum Gasteiger partial charge on any atom is 0.0931 e. The molecule has 0 unspecified atom stereocenters. The standard InChI is InChI=1S/C16H29ClN2S/c1-16(2,3)18-11-7-5-6-8-12-19(4)13-14-9-10-15(17)20-14/h9-10,18H,5-8,11-13H2,1-4H3. The van der Waals surface area contributed by atoms with Crippen molar-refractivity contribution in [2.75, 3.05) is 20.1 Å². The van der Waals surface area contributed by atoms with Crippen LogP contribution in [0.25, 0.3) is 0 Å². The Morgan fingerprint density at radius 1 is 1.15 bits per heavy atom. The molecule has 1 aromatic rings. The van der Waals surface area contributed by atoms with Crippen LogP contribution in [0.15, 0.2) is 12.1 Å². The number of hydrogen-bond donors (Lipinski definition) is 1. The summed E-state index contributed by atoms with van der Waals surface area (Å²) in [6.07, 6.45) is 5.20. The molecular formula is C16H29ClN2S. The Labute approximate surface area is 133 Å². The molecule has 0 atom stereocenters. The molecule has 2 nitrogen and oxygen atoms in total. The molecule has 0 aliphatic rings. The van der Waals surface area contributed by atoms with Crippen LogP contribution in [0, 0.1) is 0 Å². The molecule has 20 heavy (non-hydrogen) atoms. The Hall–Kier alpha value is -0.0900. The van der Waals surface area contributed by atoms with Crippen LogP contribution in [0.2, 0.25) is 4.34 Å². The summed E-state index contributed by atoms with van der Waals surface area (Å²) in [7, 11) is 2.19. The monoisotopic (exact) mass is 316 g/mol. The SMILES string of the molecule is CN(CCCCCCNC(C)(C)C)Cc1ccc(Cl)s1. The predicted molar refractivity (Wildman–Crippen MR) is 91.9 cm³/mol. The smallest absolute Gasteiger partial charge is 0.0931 e. The first-order chi connectivity index (χ1) is 9.37. The maximum absolute atomic E-state index is 5.95. The minimum Gasteiger partial charge on any atom is -0.312 e. The highest BCUT2D eigenvalue weighted by Crippen LogP contribution is 2.22. The lowest BCUT2D eigenvalue weighted by Gasteiger charge is -2.20. The van der Waals surface area contributed by atoms with Crippen molar-refractivity contribution in [3.8, 4) is 0 Å². The highest BCUT2D eigenvalue weighted by Gasteiger charge is 2.07. The van der Waals surface area contributed by atoms with Gasteiger partial charge >= 0.3 is 0 Å². The van der Waals surface area contributed by atoms with Gasteiger partial charge in [-0.2, -0.15) is 0 Å². The first kappa shape index (κ1) is 18.0. The van der Waals surface area contributed by atoms with Gasteiger partial charge in [0.05, 0.1) is 4.34 Å². The van der Waals surface area contributed by atoms with E-state index in [1.807, 2.05) is 6.07 Å². The second-order valence-corrected chi connectivity index (χ2v) is 8.33. The first-order valence-electron chi connectivity index (χ1n) is 7.54. The van der Waals surface area contributed by atoms with Crippen LogP contribution < -0.4 is 5.32 Å². The van der Waals surface area contributed by atoms with Crippen LogP contribution in [-0.4, -0.2) is 30.6 Å². The Bertz CT molecular complexity index is 371. The van der Waals surface area contributed by atoms with E-state index in [2.05, 4.69) is 44.1 Å². The van der Waals surface area contributed by atoms with Crippen molar-refractivity contribution in [3.63, 3.8) is 0 Å². The normalized spacial score (nSPS) is 12.3. The van der Waals surface area contributed by atoms with Crippen molar-refractivity contribution in [1.82, 2.24) is 10.2 Å². The fourth-order valence-electron chi connectivity index (χ4n) is 2.11. The molecule has 0 fully saturated rings. The Morgan fingerprint density at radius 3 is 2.45 bits per heavy atom. The summed E-state index contributed by atoms with van der Waals surface area (Å²) in [5.41, 5.74) is 0.252. The molecule has 0 aromatic carbocycles. The summed E-state index contributed by atoms with van der Waals surface area (Å²) in [6, 6.07) is 4.11. The van der Waals surface area contributed by atoms with Crippen molar-refractivity contribution >= 4 is 22.9 Å². The van der Waals surface area contributed by atoms with Gasteiger partial charge in [0.1, 0.15) is 0 Å². The Kier molecular flexibility index (Phi) is 8.11. The van der Waals surface area contributed by atoms with E-state index in [1.54, 1.807) is 11.3 Å². The zero-order valence-electron chi connectivity index (χ0n) is 13.3. The lowest BCUT2D eigenvalue weighted by Crippen LogP contribution is -2.36. The van der Waals surface area contributed by atoms with Crippen LogP contribution in [0.4, 0.5) is 0 Å². The van der Waals surface area contributed by atoms with E-state index in [-0.39, 0.29) is 5.54 Å². The topological polar surface area (TPSA) is 15.3 Å². The van der Waals surface area contributed by atoms with E-state index in [9.17, 15) is 0 Å². The van der Waals surface area contributed by atoms with E-state index < -0.39 is 0 Å². The molecular weight excluding hydrogens is 288 g/mol. The van der Waals surface area contributed by atoms with Gasteiger partial charge in [-0.25, -0.2) is 0 Å². The fourth-order valence-corrected chi connectivity index (χ4v) is 3.27. The summed E-state index contributed by atoms with van der Waals surface area (Å²) in [5.74, 6) is 0. The van der Waals surface area contributed by atoms with E-state index in [4.69, 9.17) is 11.6 Å². The molecule has 116 valence electrons. The first-order valence-corrected chi connectivity index (χ1v) is 8.74. The van der Waals surface area contributed by atoms with Crippen molar-refractivity contribution in [2.45, 2.75) is 58.5 Å². The van der Waals surface area contributed by atoms with Crippen LogP contribution in [0.3, 0.4) is 0 Å². The molecule has 0 aliphatic heterocycles. The minimum absolute atomic E-state index is 0.252. The molecule has 0 aliphatic carbocycles. The van der Waals surface area contributed by atoms with E-state index in [0.29, 0.717) is 0 Å². The van der Waals surface area contributed by atoms with Crippen molar-refractivity contribution < 1.29 is 0 Å². The molecule has 0 radical (unpaired) electrons. The average molecular weight is 317 g/mol. The zero-order chi connectivity index (χ0) is 15.0. The number of nitrogens with zero attached hydrogens (tertiary/aromatic N) is 1. The fraction of sp³-hybridized carbons (Fsp3) is 0.750. The van der Waals surface area contributed by atoms with Gasteiger partial charge in [-0.15, -0.1) is 11.3 Å². The van der Waals surface area contributed by atoms with Gasteiger partial charge in [0.2, 0.25) is 0 Å². The molecule has 1 heterocycles. The lowest BCUT2D eigenvalue weighted by atomic mass is 10.1. The maximum atomic E-state index is 5.95. The molecule has 0 saturated carbocycles. The largest absolute Gasteiger partial charge is 0.312 e. The summed E-state index contributed by atoms with van der Waals surface area (Å²) in [4.78, 5) is 3.74.